The van der Waals surface area contributed by atoms with E-state index in [2.05, 4.69) is 10.5 Å². The number of aromatic nitrogens is 1. The highest BCUT2D eigenvalue weighted by atomic mass is 19.1. The highest BCUT2D eigenvalue weighted by Crippen LogP contribution is 2.23. The molecule has 1 aliphatic carbocycles. The number of amides is 1. The number of carbonyl (C=O) groups is 1. The van der Waals surface area contributed by atoms with Crippen LogP contribution in [-0.4, -0.2) is 17.1 Å². The van der Waals surface area contributed by atoms with Crippen molar-refractivity contribution in [2.24, 2.45) is 0 Å². The van der Waals surface area contributed by atoms with E-state index in [9.17, 15) is 9.18 Å². The molecule has 1 saturated carbocycles. The molecule has 3 rings (SSSR count). The Labute approximate surface area is 122 Å². The Hall–Kier alpha value is -2.17. The first-order valence-corrected chi connectivity index (χ1v) is 7.22. The van der Waals surface area contributed by atoms with Crippen molar-refractivity contribution >= 4 is 5.91 Å². The van der Waals surface area contributed by atoms with Crippen LogP contribution in [-0.2, 0) is 11.2 Å². The standard InChI is InChI=1S/C16H17FN2O2/c17-14-8-4-3-7-13(14)15-9-12(19-21-15)10-16(20)18-11-5-1-2-6-11/h3-4,7-9,11H,1-2,5-6,10H2,(H,18,20). The third kappa shape index (κ3) is 3.29. The molecule has 1 heterocycles. The first-order valence-electron chi connectivity index (χ1n) is 7.22. The summed E-state index contributed by atoms with van der Waals surface area (Å²) in [6, 6.07) is 8.24. The number of rotatable bonds is 4. The van der Waals surface area contributed by atoms with Crippen LogP contribution in [0.5, 0.6) is 0 Å². The molecule has 1 fully saturated rings. The quantitative estimate of drug-likeness (QED) is 0.940. The summed E-state index contributed by atoms with van der Waals surface area (Å²) in [5, 5.41) is 6.84. The lowest BCUT2D eigenvalue weighted by Gasteiger charge is -2.10. The number of carbonyl (C=O) groups excluding carboxylic acids is 1. The number of hydrogen-bond acceptors (Lipinski definition) is 3. The lowest BCUT2D eigenvalue weighted by Crippen LogP contribution is -2.33. The smallest absolute Gasteiger partial charge is 0.226 e. The summed E-state index contributed by atoms with van der Waals surface area (Å²) in [5.41, 5.74) is 0.871. The van der Waals surface area contributed by atoms with Crippen molar-refractivity contribution in [3.8, 4) is 11.3 Å². The molecule has 0 radical (unpaired) electrons. The van der Waals surface area contributed by atoms with Crippen molar-refractivity contribution in [2.75, 3.05) is 0 Å². The molecule has 1 aromatic carbocycles. The second kappa shape index (κ2) is 6.08. The second-order valence-corrected chi connectivity index (χ2v) is 5.39. The molecule has 5 heteroatoms. The van der Waals surface area contributed by atoms with E-state index in [0.29, 0.717) is 17.0 Å². The van der Waals surface area contributed by atoms with E-state index in [4.69, 9.17) is 4.52 Å². The third-order valence-corrected chi connectivity index (χ3v) is 3.76. The molecule has 0 aliphatic heterocycles. The molecule has 0 unspecified atom stereocenters. The highest BCUT2D eigenvalue weighted by molar-refractivity contribution is 5.78. The Morgan fingerprint density at radius 2 is 2.10 bits per heavy atom. The maximum absolute atomic E-state index is 13.7. The molecule has 4 nitrogen and oxygen atoms in total. The zero-order valence-electron chi connectivity index (χ0n) is 11.6. The fraction of sp³-hybridized carbons (Fsp3) is 0.375. The van der Waals surface area contributed by atoms with Crippen molar-refractivity contribution in [3.05, 3.63) is 41.8 Å². The van der Waals surface area contributed by atoms with Crippen molar-refractivity contribution < 1.29 is 13.7 Å². The van der Waals surface area contributed by atoms with Crippen LogP contribution in [0.15, 0.2) is 34.9 Å². The van der Waals surface area contributed by atoms with Gasteiger partial charge in [0.15, 0.2) is 5.76 Å². The van der Waals surface area contributed by atoms with Crippen molar-refractivity contribution in [2.45, 2.75) is 38.1 Å². The molecule has 21 heavy (non-hydrogen) atoms. The molecule has 1 aliphatic rings. The van der Waals surface area contributed by atoms with Gasteiger partial charge in [-0.05, 0) is 25.0 Å². The van der Waals surface area contributed by atoms with Gasteiger partial charge in [0.25, 0.3) is 0 Å². The minimum absolute atomic E-state index is 0.0599. The number of halogens is 1. The second-order valence-electron chi connectivity index (χ2n) is 5.39. The fourth-order valence-corrected chi connectivity index (χ4v) is 2.70. The zero-order valence-corrected chi connectivity index (χ0v) is 11.6. The van der Waals surface area contributed by atoms with Crippen molar-refractivity contribution in [1.82, 2.24) is 10.5 Å². The van der Waals surface area contributed by atoms with Gasteiger partial charge in [-0.2, -0.15) is 0 Å². The Morgan fingerprint density at radius 3 is 2.86 bits per heavy atom. The van der Waals surface area contributed by atoms with E-state index >= 15 is 0 Å². The van der Waals surface area contributed by atoms with E-state index < -0.39 is 0 Å². The molecule has 0 spiro atoms. The summed E-state index contributed by atoms with van der Waals surface area (Å²) in [6.07, 6.45) is 4.60. The summed E-state index contributed by atoms with van der Waals surface area (Å²) in [4.78, 5) is 11.9. The van der Waals surface area contributed by atoms with Gasteiger partial charge in [-0.1, -0.05) is 30.1 Å². The lowest BCUT2D eigenvalue weighted by molar-refractivity contribution is -0.121. The normalized spacial score (nSPS) is 15.3. The van der Waals surface area contributed by atoms with Gasteiger partial charge in [0.1, 0.15) is 5.82 Å². The molecular formula is C16H17FN2O2. The number of nitrogens with one attached hydrogen (secondary N) is 1. The molecule has 0 bridgehead atoms. The molecule has 1 amide bonds. The van der Waals surface area contributed by atoms with Gasteiger partial charge in [-0.3, -0.25) is 4.79 Å². The van der Waals surface area contributed by atoms with E-state index in [1.165, 1.54) is 18.9 Å². The van der Waals surface area contributed by atoms with E-state index in [1.807, 2.05) is 0 Å². The lowest BCUT2D eigenvalue weighted by atomic mass is 10.1. The van der Waals surface area contributed by atoms with Crippen LogP contribution < -0.4 is 5.32 Å². The average Bonchev–Trinajstić information content (AvgIpc) is 3.11. The molecule has 2 aromatic rings. The minimum atomic E-state index is -0.365. The predicted octanol–water partition coefficient (Wildman–Crippen LogP) is 3.08. The maximum atomic E-state index is 13.7. The van der Waals surface area contributed by atoms with E-state index in [1.54, 1.807) is 24.3 Å². The molecule has 1 N–H and O–H groups in total. The minimum Gasteiger partial charge on any atom is -0.356 e. The van der Waals surface area contributed by atoms with E-state index in [-0.39, 0.29) is 24.2 Å². The van der Waals surface area contributed by atoms with Gasteiger partial charge in [-0.15, -0.1) is 0 Å². The third-order valence-electron chi connectivity index (χ3n) is 3.76. The van der Waals surface area contributed by atoms with Crippen LogP contribution in [0.25, 0.3) is 11.3 Å². The number of nitrogens with zero attached hydrogens (tertiary/aromatic N) is 1. The van der Waals surface area contributed by atoms with Gasteiger partial charge < -0.3 is 9.84 Å². The zero-order chi connectivity index (χ0) is 14.7. The van der Waals surface area contributed by atoms with Crippen LogP contribution in [0.2, 0.25) is 0 Å². The largest absolute Gasteiger partial charge is 0.356 e. The Balaban J connectivity index is 1.65. The van der Waals surface area contributed by atoms with Crippen molar-refractivity contribution in [3.63, 3.8) is 0 Å². The number of hydrogen-bond donors (Lipinski definition) is 1. The fourth-order valence-electron chi connectivity index (χ4n) is 2.70. The van der Waals surface area contributed by atoms with Crippen molar-refractivity contribution in [1.29, 1.82) is 0 Å². The van der Waals surface area contributed by atoms with Crippen LogP contribution in [0.1, 0.15) is 31.4 Å². The summed E-state index contributed by atoms with van der Waals surface area (Å²) in [6.45, 7) is 0. The SMILES string of the molecule is O=C(Cc1cc(-c2ccccc2F)on1)NC1CCCC1. The first kappa shape index (κ1) is 13.8. The van der Waals surface area contributed by atoms with Gasteiger partial charge in [-0.25, -0.2) is 4.39 Å². The maximum Gasteiger partial charge on any atom is 0.226 e. The van der Waals surface area contributed by atoms with Gasteiger partial charge >= 0.3 is 0 Å². The summed E-state index contributed by atoms with van der Waals surface area (Å²) < 4.78 is 18.8. The Morgan fingerprint density at radius 1 is 1.33 bits per heavy atom. The predicted molar refractivity (Wildman–Crippen MR) is 76.0 cm³/mol. The monoisotopic (exact) mass is 288 g/mol. The van der Waals surface area contributed by atoms with Gasteiger partial charge in [0, 0.05) is 12.1 Å². The molecule has 0 atom stereocenters. The Bertz CT molecular complexity index is 633. The van der Waals surface area contributed by atoms with Gasteiger partial charge in [0.2, 0.25) is 5.91 Å². The van der Waals surface area contributed by atoms with Crippen LogP contribution in [0, 0.1) is 5.82 Å². The molecular weight excluding hydrogens is 271 g/mol. The number of benzene rings is 1. The van der Waals surface area contributed by atoms with E-state index in [0.717, 1.165) is 12.8 Å². The highest BCUT2D eigenvalue weighted by Gasteiger charge is 2.18. The van der Waals surface area contributed by atoms with Gasteiger partial charge in [0.05, 0.1) is 17.7 Å². The summed E-state index contributed by atoms with van der Waals surface area (Å²) >= 11 is 0. The summed E-state index contributed by atoms with van der Waals surface area (Å²) in [7, 11) is 0. The first-order chi connectivity index (χ1) is 10.2. The Kier molecular flexibility index (Phi) is 3.99. The summed E-state index contributed by atoms with van der Waals surface area (Å²) in [5.74, 6) is -0.0809. The van der Waals surface area contributed by atoms with Crippen LogP contribution >= 0.6 is 0 Å². The van der Waals surface area contributed by atoms with Crippen LogP contribution in [0.3, 0.4) is 0 Å². The molecule has 1 aromatic heterocycles. The molecule has 110 valence electrons. The average molecular weight is 288 g/mol. The topological polar surface area (TPSA) is 55.1 Å². The van der Waals surface area contributed by atoms with Crippen LogP contribution in [0.4, 0.5) is 4.39 Å². The molecule has 0 saturated heterocycles.